The molecule has 0 aromatic rings. The summed E-state index contributed by atoms with van der Waals surface area (Å²) in [5.74, 6) is -3.39. The quantitative estimate of drug-likeness (QED) is 0.290. The molecule has 0 bridgehead atoms. The Balaban J connectivity index is 3.28. The summed E-state index contributed by atoms with van der Waals surface area (Å²) in [6, 6.07) is 0. The van der Waals surface area contributed by atoms with Gasteiger partial charge in [-0.2, -0.15) is 0 Å². The zero-order chi connectivity index (χ0) is 22.8. The highest BCUT2D eigenvalue weighted by atomic mass is 32.2. The number of methoxy groups -OCH3 is 1. The van der Waals surface area contributed by atoms with Crippen LogP contribution < -0.4 is 0 Å². The molecule has 1 heterocycles. The molecule has 12 heteroatoms. The molecule has 0 aliphatic carbocycles. The van der Waals surface area contributed by atoms with Gasteiger partial charge in [-0.1, -0.05) is 11.8 Å². The monoisotopic (exact) mass is 448 g/mol. The van der Waals surface area contributed by atoms with Crippen molar-refractivity contribution in [1.29, 1.82) is 0 Å². The van der Waals surface area contributed by atoms with E-state index in [1.165, 1.54) is 19.4 Å². The van der Waals surface area contributed by atoms with Gasteiger partial charge in [0.05, 0.1) is 7.11 Å². The normalized spacial score (nSPS) is 25.8. The molecule has 1 aliphatic heterocycles. The van der Waals surface area contributed by atoms with Gasteiger partial charge in [0.1, 0.15) is 18.1 Å². The molecule has 30 heavy (non-hydrogen) atoms. The minimum atomic E-state index is -1.26. The smallest absolute Gasteiger partial charge is 0.330 e. The second kappa shape index (κ2) is 12.2. The molecular weight excluding hydrogens is 424 g/mol. The van der Waals surface area contributed by atoms with E-state index in [9.17, 15) is 24.0 Å². The van der Waals surface area contributed by atoms with E-state index in [1.807, 2.05) is 0 Å². The van der Waals surface area contributed by atoms with Crippen molar-refractivity contribution in [2.45, 2.75) is 57.5 Å². The van der Waals surface area contributed by atoms with Crippen LogP contribution in [0.15, 0.2) is 11.5 Å². The maximum atomic E-state index is 11.7. The molecule has 0 radical (unpaired) electrons. The van der Waals surface area contributed by atoms with Crippen LogP contribution in [0, 0.1) is 0 Å². The van der Waals surface area contributed by atoms with Crippen molar-refractivity contribution in [3.8, 4) is 0 Å². The molecule has 0 amide bonds. The molecule has 0 spiro atoms. The van der Waals surface area contributed by atoms with Crippen LogP contribution in [0.2, 0.25) is 0 Å². The first-order valence-corrected chi connectivity index (χ1v) is 9.69. The predicted octanol–water partition coefficient (Wildman–Crippen LogP) is 0.489. The van der Waals surface area contributed by atoms with Crippen molar-refractivity contribution in [2.24, 2.45) is 0 Å². The molecule has 0 saturated carbocycles. The van der Waals surface area contributed by atoms with Crippen LogP contribution in [0.5, 0.6) is 0 Å². The van der Waals surface area contributed by atoms with Gasteiger partial charge in [-0.15, -0.1) is 0 Å². The minimum absolute atomic E-state index is 0.324. The van der Waals surface area contributed by atoms with Crippen LogP contribution in [0.1, 0.15) is 27.7 Å². The Morgan fingerprint density at radius 3 is 1.87 bits per heavy atom. The van der Waals surface area contributed by atoms with Gasteiger partial charge in [0.25, 0.3) is 0 Å². The Bertz CT molecular complexity index is 690. The topological polar surface area (TPSA) is 141 Å². The summed E-state index contributed by atoms with van der Waals surface area (Å²) in [6.07, 6.45) is -3.61. The van der Waals surface area contributed by atoms with E-state index in [-0.39, 0.29) is 6.61 Å². The van der Waals surface area contributed by atoms with E-state index >= 15 is 0 Å². The minimum Gasteiger partial charge on any atom is -0.466 e. The van der Waals surface area contributed by atoms with Crippen LogP contribution in [-0.4, -0.2) is 73.4 Å². The number of carbonyl (C=O) groups is 5. The van der Waals surface area contributed by atoms with E-state index in [0.29, 0.717) is 0 Å². The van der Waals surface area contributed by atoms with Gasteiger partial charge in [0.2, 0.25) is 0 Å². The first-order chi connectivity index (χ1) is 14.0. The van der Waals surface area contributed by atoms with Gasteiger partial charge in [-0.3, -0.25) is 19.2 Å². The average Bonchev–Trinajstić information content (AvgIpc) is 2.63. The Kier molecular flexibility index (Phi) is 10.3. The summed E-state index contributed by atoms with van der Waals surface area (Å²) in [4.78, 5) is 57.5. The maximum Gasteiger partial charge on any atom is 0.330 e. The van der Waals surface area contributed by atoms with Crippen molar-refractivity contribution < 1.29 is 52.4 Å². The summed E-state index contributed by atoms with van der Waals surface area (Å²) >= 11 is 0.928. The Hall–Kier alpha value is -2.60. The molecule has 0 unspecified atom stereocenters. The van der Waals surface area contributed by atoms with Crippen molar-refractivity contribution in [1.82, 2.24) is 0 Å². The average molecular weight is 448 g/mol. The molecule has 1 aliphatic rings. The number of rotatable bonds is 8. The lowest BCUT2D eigenvalue weighted by atomic mass is 9.99. The fourth-order valence-electron chi connectivity index (χ4n) is 2.54. The lowest BCUT2D eigenvalue weighted by Crippen LogP contribution is -2.61. The highest BCUT2D eigenvalue weighted by Gasteiger charge is 2.52. The first-order valence-electron chi connectivity index (χ1n) is 8.75. The van der Waals surface area contributed by atoms with Crippen LogP contribution in [0.3, 0.4) is 0 Å². The van der Waals surface area contributed by atoms with Crippen LogP contribution in [0.4, 0.5) is 0 Å². The number of thioether (sulfide) groups is 1. The number of carbonyl (C=O) groups excluding carboxylic acids is 5. The summed E-state index contributed by atoms with van der Waals surface area (Å²) in [5.41, 5.74) is -0.994. The van der Waals surface area contributed by atoms with Gasteiger partial charge < -0.3 is 28.4 Å². The third-order valence-electron chi connectivity index (χ3n) is 3.57. The van der Waals surface area contributed by atoms with E-state index in [0.717, 1.165) is 38.6 Å². The molecule has 0 aromatic carbocycles. The second-order valence-electron chi connectivity index (χ2n) is 6.03. The van der Waals surface area contributed by atoms with E-state index < -0.39 is 59.7 Å². The van der Waals surface area contributed by atoms with Crippen LogP contribution >= 0.6 is 11.8 Å². The number of ether oxygens (including phenoxy) is 6. The molecule has 1 fully saturated rings. The first kappa shape index (κ1) is 25.4. The van der Waals surface area contributed by atoms with Crippen molar-refractivity contribution >= 4 is 41.6 Å². The molecule has 0 aromatic heterocycles. The van der Waals surface area contributed by atoms with Crippen LogP contribution in [0.25, 0.3) is 0 Å². The fraction of sp³-hybridized carbons (Fsp3) is 0.611. The highest BCUT2D eigenvalue weighted by molar-refractivity contribution is 8.02. The zero-order valence-corrected chi connectivity index (χ0v) is 18.0. The van der Waals surface area contributed by atoms with Crippen LogP contribution in [-0.2, 0) is 52.4 Å². The predicted molar refractivity (Wildman–Crippen MR) is 101 cm³/mol. The van der Waals surface area contributed by atoms with Crippen molar-refractivity contribution in [2.75, 3.05) is 13.7 Å². The molecule has 5 atom stereocenters. The lowest BCUT2D eigenvalue weighted by molar-refractivity contribution is -0.237. The Morgan fingerprint density at radius 2 is 1.37 bits per heavy atom. The lowest BCUT2D eigenvalue weighted by Gasteiger charge is -2.43. The van der Waals surface area contributed by atoms with E-state index in [1.54, 1.807) is 0 Å². The van der Waals surface area contributed by atoms with E-state index in [4.69, 9.17) is 23.7 Å². The second-order valence-corrected chi connectivity index (χ2v) is 7.04. The highest BCUT2D eigenvalue weighted by Crippen LogP contribution is 2.34. The molecule has 1 rings (SSSR count). The Morgan fingerprint density at radius 1 is 0.833 bits per heavy atom. The molecular formula is C18H24O11S. The van der Waals surface area contributed by atoms with Crippen molar-refractivity contribution in [3.05, 3.63) is 11.5 Å². The SMILES string of the molecule is COC(=O)/C=C/S[C@@H]1O[C@H](COC(C)=O)[C@H](OC(C)=O)[C@H](OC(C)=O)[C@H]1OC(C)=O. The van der Waals surface area contributed by atoms with Gasteiger partial charge in [-0.25, -0.2) is 4.79 Å². The molecule has 11 nitrogen and oxygen atoms in total. The third kappa shape index (κ3) is 8.41. The number of hydrogen-bond acceptors (Lipinski definition) is 12. The Labute approximate surface area is 177 Å². The van der Waals surface area contributed by atoms with Gasteiger partial charge in [0, 0.05) is 33.8 Å². The van der Waals surface area contributed by atoms with Gasteiger partial charge in [-0.05, 0) is 5.41 Å². The number of esters is 5. The molecule has 1 saturated heterocycles. The third-order valence-corrected chi connectivity index (χ3v) is 4.51. The fourth-order valence-corrected chi connectivity index (χ4v) is 3.46. The largest absolute Gasteiger partial charge is 0.466 e. The molecule has 0 N–H and O–H groups in total. The summed E-state index contributed by atoms with van der Waals surface area (Å²) in [5, 5.41) is 1.34. The van der Waals surface area contributed by atoms with Gasteiger partial charge in [0.15, 0.2) is 18.3 Å². The summed E-state index contributed by atoms with van der Waals surface area (Å²) < 4.78 is 31.1. The zero-order valence-electron chi connectivity index (χ0n) is 17.1. The van der Waals surface area contributed by atoms with Crippen molar-refractivity contribution in [3.63, 3.8) is 0 Å². The standard InChI is InChI=1S/C18H24O11S/c1-9(19)25-8-13-15(26-10(2)20)16(27-11(3)21)17(28-12(4)22)18(29-13)30-7-6-14(23)24-5/h6-7,13,15-18H,8H2,1-5H3/b7-6+/t13-,15+,16+,17-,18+/m1/s1. The summed E-state index contributed by atoms with van der Waals surface area (Å²) in [7, 11) is 1.20. The molecule has 168 valence electrons. The summed E-state index contributed by atoms with van der Waals surface area (Å²) in [6.45, 7) is 4.26. The van der Waals surface area contributed by atoms with Gasteiger partial charge >= 0.3 is 29.8 Å². The van der Waals surface area contributed by atoms with E-state index in [2.05, 4.69) is 4.74 Å². The number of hydrogen-bond donors (Lipinski definition) is 0. The maximum absolute atomic E-state index is 11.7.